The van der Waals surface area contributed by atoms with Gasteiger partial charge < -0.3 is 10.5 Å². The fourth-order valence-electron chi connectivity index (χ4n) is 3.26. The first-order valence-corrected chi connectivity index (χ1v) is 9.43. The molecule has 1 aromatic carbocycles. The molecule has 0 bridgehead atoms. The fraction of sp³-hybridized carbons (Fsp3) is 0.190. The Labute approximate surface area is 173 Å². The number of nitrogen functional groups attached to an aromatic ring is 1. The number of hydrogen-bond acceptors (Lipinski definition) is 7. The summed E-state index contributed by atoms with van der Waals surface area (Å²) in [6, 6.07) is 7.51. The van der Waals surface area contributed by atoms with Crippen molar-refractivity contribution in [1.82, 2.24) is 24.9 Å². The molecule has 0 aliphatic carbocycles. The standard InChI is InChI=1S/C21H19ClN6O/c1-11-6-17(28-13(3)27-11)12(2)29-18-5-4-16(14-7-15(22)9-24-8-14)20-19(18)21(23)26-10-25-20/h4-10,12H,1-3H3,(H2,23,25,26). The lowest BCUT2D eigenvalue weighted by Crippen LogP contribution is -2.09. The fourth-order valence-corrected chi connectivity index (χ4v) is 3.44. The molecule has 1 atom stereocenters. The summed E-state index contributed by atoms with van der Waals surface area (Å²) in [5, 5.41) is 1.18. The van der Waals surface area contributed by atoms with Crippen molar-refractivity contribution < 1.29 is 4.74 Å². The summed E-state index contributed by atoms with van der Waals surface area (Å²) >= 11 is 6.11. The maximum atomic E-state index is 6.23. The lowest BCUT2D eigenvalue weighted by atomic mass is 10.0. The van der Waals surface area contributed by atoms with Crippen molar-refractivity contribution in [2.24, 2.45) is 0 Å². The minimum atomic E-state index is -0.308. The molecule has 3 aromatic heterocycles. The summed E-state index contributed by atoms with van der Waals surface area (Å²) in [5.41, 5.74) is 10.2. The molecular formula is C21H19ClN6O. The smallest absolute Gasteiger partial charge is 0.138 e. The number of nitrogens with two attached hydrogens (primary N) is 1. The zero-order valence-corrected chi connectivity index (χ0v) is 17.0. The Morgan fingerprint density at radius 2 is 1.90 bits per heavy atom. The molecule has 8 heteroatoms. The number of aromatic nitrogens is 5. The topological polar surface area (TPSA) is 99.7 Å². The highest BCUT2D eigenvalue weighted by molar-refractivity contribution is 6.30. The number of hydrogen-bond donors (Lipinski definition) is 1. The van der Waals surface area contributed by atoms with Crippen LogP contribution in [-0.4, -0.2) is 24.9 Å². The van der Waals surface area contributed by atoms with Gasteiger partial charge in [0.1, 0.15) is 29.8 Å². The van der Waals surface area contributed by atoms with Crippen molar-refractivity contribution >= 4 is 28.3 Å². The van der Waals surface area contributed by atoms with Crippen LogP contribution in [0.25, 0.3) is 22.0 Å². The van der Waals surface area contributed by atoms with E-state index in [9.17, 15) is 0 Å². The van der Waals surface area contributed by atoms with Crippen molar-refractivity contribution in [3.05, 3.63) is 65.2 Å². The third kappa shape index (κ3) is 3.82. The van der Waals surface area contributed by atoms with E-state index in [0.29, 0.717) is 33.3 Å². The van der Waals surface area contributed by atoms with Gasteiger partial charge in [0.05, 0.1) is 21.6 Å². The molecule has 3 heterocycles. The largest absolute Gasteiger partial charge is 0.484 e. The molecular weight excluding hydrogens is 388 g/mol. The Bertz CT molecular complexity index is 1190. The van der Waals surface area contributed by atoms with Gasteiger partial charge in [-0.15, -0.1) is 0 Å². The van der Waals surface area contributed by atoms with Gasteiger partial charge in [-0.3, -0.25) is 4.98 Å². The highest BCUT2D eigenvalue weighted by Gasteiger charge is 2.17. The Morgan fingerprint density at radius 3 is 2.66 bits per heavy atom. The average Bonchev–Trinajstić information content (AvgIpc) is 2.67. The van der Waals surface area contributed by atoms with Crippen LogP contribution in [0.15, 0.2) is 43.0 Å². The highest BCUT2D eigenvalue weighted by atomic mass is 35.5. The first-order valence-electron chi connectivity index (χ1n) is 9.05. The average molecular weight is 407 g/mol. The van der Waals surface area contributed by atoms with Crippen molar-refractivity contribution in [3.63, 3.8) is 0 Å². The van der Waals surface area contributed by atoms with Gasteiger partial charge in [-0.2, -0.15) is 0 Å². The van der Waals surface area contributed by atoms with Crippen LogP contribution in [0.1, 0.15) is 30.2 Å². The second-order valence-corrected chi connectivity index (χ2v) is 7.16. The van der Waals surface area contributed by atoms with E-state index in [2.05, 4.69) is 24.9 Å². The molecule has 4 rings (SSSR count). The number of benzene rings is 1. The Balaban J connectivity index is 1.81. The summed E-state index contributed by atoms with van der Waals surface area (Å²) < 4.78 is 6.23. The molecule has 0 amide bonds. The van der Waals surface area contributed by atoms with Crippen molar-refractivity contribution in [3.8, 4) is 16.9 Å². The number of pyridine rings is 1. The lowest BCUT2D eigenvalue weighted by Gasteiger charge is -2.18. The minimum Gasteiger partial charge on any atom is -0.484 e. The van der Waals surface area contributed by atoms with E-state index in [-0.39, 0.29) is 6.10 Å². The summed E-state index contributed by atoms with van der Waals surface area (Å²) in [7, 11) is 0. The minimum absolute atomic E-state index is 0.308. The van der Waals surface area contributed by atoms with Crippen LogP contribution in [0, 0.1) is 13.8 Å². The van der Waals surface area contributed by atoms with E-state index in [1.54, 1.807) is 12.4 Å². The van der Waals surface area contributed by atoms with Gasteiger partial charge in [0.15, 0.2) is 0 Å². The van der Waals surface area contributed by atoms with Crippen LogP contribution < -0.4 is 10.5 Å². The van der Waals surface area contributed by atoms with Crippen molar-refractivity contribution in [2.45, 2.75) is 26.9 Å². The molecule has 0 spiro atoms. The summed E-state index contributed by atoms with van der Waals surface area (Å²) in [5.74, 6) is 1.62. The third-order valence-electron chi connectivity index (χ3n) is 4.50. The van der Waals surface area contributed by atoms with Gasteiger partial charge >= 0.3 is 0 Å². The number of aryl methyl sites for hydroxylation is 2. The third-order valence-corrected chi connectivity index (χ3v) is 4.71. The molecule has 0 aliphatic rings. The van der Waals surface area contributed by atoms with Gasteiger partial charge in [-0.25, -0.2) is 19.9 Å². The molecule has 4 aromatic rings. The van der Waals surface area contributed by atoms with E-state index in [1.807, 2.05) is 45.0 Å². The quantitative estimate of drug-likeness (QED) is 0.533. The summed E-state index contributed by atoms with van der Waals surface area (Å²) in [4.78, 5) is 21.6. The number of fused-ring (bicyclic) bond motifs is 1. The monoisotopic (exact) mass is 406 g/mol. The lowest BCUT2D eigenvalue weighted by molar-refractivity contribution is 0.224. The Hall–Kier alpha value is -3.32. The SMILES string of the molecule is Cc1cc(C(C)Oc2ccc(-c3cncc(Cl)c3)c3ncnc(N)c23)nc(C)n1. The maximum Gasteiger partial charge on any atom is 0.138 e. The summed E-state index contributed by atoms with van der Waals surface area (Å²) in [6.45, 7) is 5.72. The van der Waals surface area contributed by atoms with Gasteiger partial charge in [-0.05, 0) is 45.0 Å². The highest BCUT2D eigenvalue weighted by Crippen LogP contribution is 2.37. The maximum absolute atomic E-state index is 6.23. The zero-order valence-electron chi connectivity index (χ0n) is 16.2. The van der Waals surface area contributed by atoms with E-state index < -0.39 is 0 Å². The van der Waals surface area contributed by atoms with Gasteiger partial charge in [0, 0.05) is 29.2 Å². The predicted octanol–water partition coefficient (Wildman–Crippen LogP) is 4.47. The molecule has 0 saturated carbocycles. The second kappa shape index (κ2) is 7.60. The molecule has 2 N–H and O–H groups in total. The van der Waals surface area contributed by atoms with Crippen LogP contribution in [0.2, 0.25) is 5.02 Å². The Morgan fingerprint density at radius 1 is 1.07 bits per heavy atom. The van der Waals surface area contributed by atoms with Gasteiger partial charge in [0.2, 0.25) is 0 Å². The number of nitrogens with zero attached hydrogens (tertiary/aromatic N) is 5. The van der Waals surface area contributed by atoms with Crippen LogP contribution in [0.5, 0.6) is 5.75 Å². The Kier molecular flexibility index (Phi) is 4.98. The number of rotatable bonds is 4. The molecule has 29 heavy (non-hydrogen) atoms. The molecule has 7 nitrogen and oxygen atoms in total. The van der Waals surface area contributed by atoms with Crippen molar-refractivity contribution in [1.29, 1.82) is 0 Å². The second-order valence-electron chi connectivity index (χ2n) is 6.73. The number of ether oxygens (including phenoxy) is 1. The van der Waals surface area contributed by atoms with Crippen LogP contribution in [0.4, 0.5) is 5.82 Å². The molecule has 0 radical (unpaired) electrons. The zero-order chi connectivity index (χ0) is 20.5. The van der Waals surface area contributed by atoms with E-state index in [4.69, 9.17) is 22.1 Å². The molecule has 0 saturated heterocycles. The van der Waals surface area contributed by atoms with Crippen LogP contribution in [0.3, 0.4) is 0 Å². The summed E-state index contributed by atoms with van der Waals surface area (Å²) in [6.07, 6.45) is 4.44. The van der Waals surface area contributed by atoms with Crippen molar-refractivity contribution in [2.75, 3.05) is 5.73 Å². The van der Waals surface area contributed by atoms with Gasteiger partial charge in [-0.1, -0.05) is 11.6 Å². The molecule has 1 unspecified atom stereocenters. The first-order chi connectivity index (χ1) is 13.9. The van der Waals surface area contributed by atoms with E-state index in [1.165, 1.54) is 6.33 Å². The van der Waals surface area contributed by atoms with Crippen LogP contribution in [-0.2, 0) is 0 Å². The number of anilines is 1. The predicted molar refractivity (Wildman–Crippen MR) is 113 cm³/mol. The first kappa shape index (κ1) is 19.0. The van der Waals surface area contributed by atoms with E-state index >= 15 is 0 Å². The molecule has 146 valence electrons. The normalized spacial score (nSPS) is 12.1. The van der Waals surface area contributed by atoms with Crippen LogP contribution >= 0.6 is 11.6 Å². The van der Waals surface area contributed by atoms with E-state index in [0.717, 1.165) is 22.5 Å². The molecule has 0 fully saturated rings. The van der Waals surface area contributed by atoms with Gasteiger partial charge in [0.25, 0.3) is 0 Å². The molecule has 0 aliphatic heterocycles. The number of halogens is 1.